The lowest BCUT2D eigenvalue weighted by Crippen LogP contribution is -2.08. The summed E-state index contributed by atoms with van der Waals surface area (Å²) in [6.45, 7) is 1.92. The molecule has 3 heterocycles. The van der Waals surface area contributed by atoms with E-state index in [-0.39, 0.29) is 6.10 Å². The first-order valence-corrected chi connectivity index (χ1v) is 10.1. The maximum Gasteiger partial charge on any atom is 0.236 e. The Bertz CT molecular complexity index is 1320. The van der Waals surface area contributed by atoms with E-state index < -0.39 is 0 Å². The Hall–Kier alpha value is -3.23. The number of pyridine rings is 1. The van der Waals surface area contributed by atoms with Gasteiger partial charge in [-0.3, -0.25) is 4.98 Å². The number of halogens is 1. The van der Waals surface area contributed by atoms with Crippen LogP contribution < -0.4 is 10.1 Å². The zero-order valence-electron chi connectivity index (χ0n) is 15.3. The van der Waals surface area contributed by atoms with Crippen LogP contribution in [0.3, 0.4) is 0 Å². The van der Waals surface area contributed by atoms with Gasteiger partial charge < -0.3 is 10.1 Å². The van der Waals surface area contributed by atoms with E-state index >= 15 is 0 Å². The van der Waals surface area contributed by atoms with Crippen molar-refractivity contribution in [2.45, 2.75) is 13.0 Å². The summed E-state index contributed by atoms with van der Waals surface area (Å²) in [4.78, 5) is 5.05. The maximum atomic E-state index is 6.08. The number of hydrogen-bond donors (Lipinski definition) is 1. The van der Waals surface area contributed by atoms with Gasteiger partial charge in [-0.05, 0) is 43.3 Å². The van der Waals surface area contributed by atoms with Gasteiger partial charge in [-0.25, -0.2) is 0 Å². The third-order valence-electron chi connectivity index (χ3n) is 4.34. The number of aromatic nitrogens is 5. The molecule has 0 amide bonds. The third-order valence-corrected chi connectivity index (χ3v) is 5.39. The van der Waals surface area contributed by atoms with Crippen LogP contribution in [0.5, 0.6) is 5.75 Å². The molecule has 0 aliphatic carbocycles. The standard InChI is InChI=1S/C20H15ClN6OS/c1-12(28-16-8-7-13-4-3-9-22-17(13)11-16)18-24-25-20-27(18)26-19(29-20)23-15-6-2-5-14(21)10-15/h2-12H,1H3,(H,23,26). The van der Waals surface area contributed by atoms with E-state index in [1.165, 1.54) is 11.3 Å². The number of rotatable bonds is 5. The molecule has 1 unspecified atom stereocenters. The van der Waals surface area contributed by atoms with Gasteiger partial charge in [-0.1, -0.05) is 35.1 Å². The van der Waals surface area contributed by atoms with Crippen LogP contribution in [0.4, 0.5) is 10.8 Å². The van der Waals surface area contributed by atoms with Crippen LogP contribution >= 0.6 is 22.9 Å². The second kappa shape index (κ2) is 7.31. The minimum Gasteiger partial charge on any atom is -0.483 e. The molecule has 0 saturated heterocycles. The monoisotopic (exact) mass is 422 g/mol. The Morgan fingerprint density at radius 1 is 1.10 bits per heavy atom. The molecular formula is C20H15ClN6OS. The van der Waals surface area contributed by atoms with Gasteiger partial charge in [0.2, 0.25) is 10.1 Å². The summed E-state index contributed by atoms with van der Waals surface area (Å²) in [5, 5.41) is 18.7. The number of benzene rings is 2. The van der Waals surface area contributed by atoms with Gasteiger partial charge >= 0.3 is 0 Å². The van der Waals surface area contributed by atoms with Crippen LogP contribution in [0, 0.1) is 0 Å². The normalized spacial score (nSPS) is 12.3. The summed E-state index contributed by atoms with van der Waals surface area (Å²) >= 11 is 7.45. The molecular weight excluding hydrogens is 408 g/mol. The maximum absolute atomic E-state index is 6.08. The lowest BCUT2D eigenvalue weighted by Gasteiger charge is -2.12. The van der Waals surface area contributed by atoms with Crippen molar-refractivity contribution in [3.8, 4) is 5.75 Å². The van der Waals surface area contributed by atoms with Crippen molar-refractivity contribution < 1.29 is 4.74 Å². The second-order valence-electron chi connectivity index (χ2n) is 6.41. The summed E-state index contributed by atoms with van der Waals surface area (Å²) in [6, 6.07) is 17.2. The van der Waals surface area contributed by atoms with E-state index in [1.54, 1.807) is 10.7 Å². The molecule has 1 N–H and O–H groups in total. The van der Waals surface area contributed by atoms with E-state index in [0.29, 0.717) is 26.7 Å². The second-order valence-corrected chi connectivity index (χ2v) is 7.81. The largest absolute Gasteiger partial charge is 0.483 e. The Labute approximate surface area is 174 Å². The van der Waals surface area contributed by atoms with Gasteiger partial charge in [-0.15, -0.1) is 15.3 Å². The van der Waals surface area contributed by atoms with Crippen LogP contribution in [0.25, 0.3) is 15.9 Å². The Kier molecular flexibility index (Phi) is 4.49. The van der Waals surface area contributed by atoms with Crippen molar-refractivity contribution in [3.05, 3.63) is 71.6 Å². The number of nitrogens with one attached hydrogen (secondary N) is 1. The van der Waals surface area contributed by atoms with Crippen molar-refractivity contribution in [2.24, 2.45) is 0 Å². The van der Waals surface area contributed by atoms with Crippen LogP contribution in [0.2, 0.25) is 5.02 Å². The highest BCUT2D eigenvalue weighted by Gasteiger charge is 2.19. The van der Waals surface area contributed by atoms with Crippen molar-refractivity contribution in [1.29, 1.82) is 0 Å². The first-order valence-electron chi connectivity index (χ1n) is 8.92. The number of fused-ring (bicyclic) bond motifs is 2. The Balaban J connectivity index is 1.39. The molecule has 0 radical (unpaired) electrons. The van der Waals surface area contributed by atoms with Gasteiger partial charge in [0.1, 0.15) is 5.75 Å². The van der Waals surface area contributed by atoms with Crippen LogP contribution in [-0.4, -0.2) is 24.8 Å². The van der Waals surface area contributed by atoms with E-state index in [2.05, 4.69) is 25.6 Å². The zero-order valence-corrected chi connectivity index (χ0v) is 16.9. The van der Waals surface area contributed by atoms with Crippen molar-refractivity contribution in [1.82, 2.24) is 24.8 Å². The average molecular weight is 423 g/mol. The SMILES string of the molecule is CC(Oc1ccc2cccnc2c1)c1nnc2sc(Nc3cccc(Cl)c3)nn12. The summed E-state index contributed by atoms with van der Waals surface area (Å²) in [5.41, 5.74) is 1.74. The number of nitrogens with zero attached hydrogens (tertiary/aromatic N) is 5. The summed E-state index contributed by atoms with van der Waals surface area (Å²) in [7, 11) is 0. The summed E-state index contributed by atoms with van der Waals surface area (Å²) in [6.07, 6.45) is 1.42. The number of hydrogen-bond acceptors (Lipinski definition) is 7. The molecule has 5 aromatic rings. The number of ether oxygens (including phenoxy) is 1. The van der Waals surface area contributed by atoms with E-state index in [4.69, 9.17) is 16.3 Å². The first kappa shape index (κ1) is 17.8. The molecule has 0 saturated carbocycles. The predicted molar refractivity (Wildman–Crippen MR) is 114 cm³/mol. The smallest absolute Gasteiger partial charge is 0.236 e. The molecule has 3 aromatic heterocycles. The summed E-state index contributed by atoms with van der Waals surface area (Å²) < 4.78 is 7.78. The lowest BCUT2D eigenvalue weighted by atomic mass is 10.2. The molecule has 29 heavy (non-hydrogen) atoms. The first-order chi connectivity index (χ1) is 14.2. The molecule has 5 rings (SSSR count). The topological polar surface area (TPSA) is 77.2 Å². The van der Waals surface area contributed by atoms with E-state index in [9.17, 15) is 0 Å². The highest BCUT2D eigenvalue weighted by Crippen LogP contribution is 2.28. The summed E-state index contributed by atoms with van der Waals surface area (Å²) in [5.74, 6) is 1.34. The van der Waals surface area contributed by atoms with Crippen LogP contribution in [-0.2, 0) is 0 Å². The number of anilines is 2. The van der Waals surface area contributed by atoms with Gasteiger partial charge in [0.25, 0.3) is 0 Å². The molecule has 0 aliphatic heterocycles. The molecule has 144 valence electrons. The quantitative estimate of drug-likeness (QED) is 0.415. The van der Waals surface area contributed by atoms with Crippen molar-refractivity contribution >= 4 is 49.6 Å². The molecule has 0 fully saturated rings. The average Bonchev–Trinajstić information content (AvgIpc) is 3.28. The van der Waals surface area contributed by atoms with Gasteiger partial charge in [0.05, 0.1) is 5.52 Å². The molecule has 0 aliphatic rings. The minimum absolute atomic E-state index is 0.340. The molecule has 9 heteroatoms. The van der Waals surface area contributed by atoms with E-state index in [1.807, 2.05) is 61.5 Å². The fraction of sp³-hybridized carbons (Fsp3) is 0.100. The van der Waals surface area contributed by atoms with Crippen molar-refractivity contribution in [2.75, 3.05) is 5.32 Å². The fourth-order valence-corrected chi connectivity index (χ4v) is 3.96. The third kappa shape index (κ3) is 3.59. The van der Waals surface area contributed by atoms with Crippen molar-refractivity contribution in [3.63, 3.8) is 0 Å². The molecule has 0 bridgehead atoms. The Morgan fingerprint density at radius 2 is 2.03 bits per heavy atom. The van der Waals surface area contributed by atoms with Crippen LogP contribution in [0.1, 0.15) is 18.9 Å². The highest BCUT2D eigenvalue weighted by molar-refractivity contribution is 7.20. The molecule has 2 aromatic carbocycles. The minimum atomic E-state index is -0.340. The molecule has 1 atom stereocenters. The molecule has 0 spiro atoms. The van der Waals surface area contributed by atoms with Gasteiger partial charge in [-0.2, -0.15) is 4.52 Å². The molecule has 7 nitrogen and oxygen atoms in total. The predicted octanol–water partition coefficient (Wildman–Crippen LogP) is 5.27. The lowest BCUT2D eigenvalue weighted by molar-refractivity contribution is 0.214. The zero-order chi connectivity index (χ0) is 19.8. The van der Waals surface area contributed by atoms with E-state index in [0.717, 1.165) is 16.6 Å². The fourth-order valence-electron chi connectivity index (χ4n) is 3.00. The van der Waals surface area contributed by atoms with Crippen LogP contribution in [0.15, 0.2) is 60.8 Å². The highest BCUT2D eigenvalue weighted by atomic mass is 35.5. The van der Waals surface area contributed by atoms with Gasteiger partial charge in [0.15, 0.2) is 11.9 Å². The van der Waals surface area contributed by atoms with Gasteiger partial charge in [0, 0.05) is 28.4 Å². The Morgan fingerprint density at radius 3 is 2.93 bits per heavy atom.